The molecular weight excluding hydrogens is 405 g/mol. The van der Waals surface area contributed by atoms with Crippen LogP contribution >= 0.6 is 0 Å². The fourth-order valence-electron chi connectivity index (χ4n) is 6.11. The molecule has 0 aliphatic heterocycles. The van der Waals surface area contributed by atoms with Crippen LogP contribution in [0.3, 0.4) is 0 Å². The molecule has 3 rings (SSSR count). The maximum atomic E-state index is 12.9. The molecule has 0 spiro atoms. The third-order valence-electron chi connectivity index (χ3n) is 8.28. The topological polar surface area (TPSA) is 23.8 Å². The Bertz CT molecular complexity index is 768. The van der Waals surface area contributed by atoms with E-state index in [1.54, 1.807) is 6.08 Å². The predicted octanol–water partition coefficient (Wildman–Crippen LogP) is 9.29. The normalized spacial score (nSPS) is 26.4. The van der Waals surface area contributed by atoms with Crippen molar-refractivity contribution in [1.82, 2.24) is 0 Å². The summed E-state index contributed by atoms with van der Waals surface area (Å²) in [5, 5.41) is 8.48. The number of hydrogen-bond donors (Lipinski definition) is 0. The van der Waals surface area contributed by atoms with Crippen LogP contribution in [0.5, 0.6) is 0 Å². The molecule has 2 saturated carbocycles. The molecule has 33 heavy (non-hydrogen) atoms. The number of rotatable bonds is 11. The van der Waals surface area contributed by atoms with E-state index in [1.807, 2.05) is 0 Å². The Labute approximate surface area is 202 Å². The SMILES string of the molecule is CCCCc1ccc(CCCCC2CCC(C3CCC(C=CC=C(F)C#N)CC3)CC2)cc1. The third kappa shape index (κ3) is 9.11. The summed E-state index contributed by atoms with van der Waals surface area (Å²) in [6, 6.07) is 10.9. The van der Waals surface area contributed by atoms with Gasteiger partial charge in [-0.1, -0.05) is 75.4 Å². The van der Waals surface area contributed by atoms with Crippen molar-refractivity contribution < 1.29 is 4.39 Å². The van der Waals surface area contributed by atoms with Gasteiger partial charge in [0.05, 0.1) is 0 Å². The second kappa shape index (κ2) is 14.4. The van der Waals surface area contributed by atoms with Crippen molar-refractivity contribution in [2.24, 2.45) is 23.7 Å². The van der Waals surface area contributed by atoms with Crippen molar-refractivity contribution in [2.75, 3.05) is 0 Å². The van der Waals surface area contributed by atoms with Crippen LogP contribution in [0.1, 0.15) is 102 Å². The lowest BCUT2D eigenvalue weighted by atomic mass is 9.68. The van der Waals surface area contributed by atoms with Crippen LogP contribution in [0.25, 0.3) is 0 Å². The highest BCUT2D eigenvalue weighted by atomic mass is 19.1. The monoisotopic (exact) mass is 449 g/mol. The summed E-state index contributed by atoms with van der Waals surface area (Å²) in [7, 11) is 0. The average Bonchev–Trinajstić information content (AvgIpc) is 2.87. The highest BCUT2D eigenvalue weighted by Gasteiger charge is 2.30. The number of nitriles is 1. The van der Waals surface area contributed by atoms with Crippen molar-refractivity contribution in [3.63, 3.8) is 0 Å². The molecule has 2 heteroatoms. The second-order valence-electron chi connectivity index (χ2n) is 10.6. The van der Waals surface area contributed by atoms with E-state index >= 15 is 0 Å². The molecule has 0 saturated heterocycles. The molecule has 0 heterocycles. The number of allylic oxidation sites excluding steroid dienone is 4. The van der Waals surface area contributed by atoms with Gasteiger partial charge in [-0.3, -0.25) is 0 Å². The Morgan fingerprint density at radius 3 is 2.03 bits per heavy atom. The first-order chi connectivity index (χ1) is 16.2. The molecule has 0 amide bonds. The molecule has 0 N–H and O–H groups in total. The van der Waals surface area contributed by atoms with Crippen LogP contribution in [0, 0.1) is 35.0 Å². The molecule has 2 fully saturated rings. The maximum Gasteiger partial charge on any atom is 0.199 e. The number of benzene rings is 1. The first-order valence-electron chi connectivity index (χ1n) is 13.7. The fourth-order valence-corrected chi connectivity index (χ4v) is 6.11. The number of unbranched alkanes of at least 4 members (excludes halogenated alkanes) is 2. The van der Waals surface area contributed by atoms with E-state index in [0.29, 0.717) is 5.92 Å². The van der Waals surface area contributed by atoms with Crippen LogP contribution in [0.15, 0.2) is 48.3 Å². The molecule has 1 nitrogen and oxygen atoms in total. The zero-order valence-electron chi connectivity index (χ0n) is 20.8. The lowest BCUT2D eigenvalue weighted by molar-refractivity contribution is 0.151. The molecule has 0 atom stereocenters. The molecule has 1 aromatic carbocycles. The average molecular weight is 450 g/mol. The van der Waals surface area contributed by atoms with Crippen LogP contribution in [-0.2, 0) is 12.8 Å². The van der Waals surface area contributed by atoms with Gasteiger partial charge in [0.25, 0.3) is 0 Å². The summed E-state index contributed by atoms with van der Waals surface area (Å²) in [6.45, 7) is 2.26. The quantitative estimate of drug-likeness (QED) is 0.187. The van der Waals surface area contributed by atoms with Gasteiger partial charge in [0.15, 0.2) is 5.83 Å². The van der Waals surface area contributed by atoms with E-state index in [0.717, 1.165) is 17.8 Å². The van der Waals surface area contributed by atoms with Crippen LogP contribution in [0.4, 0.5) is 4.39 Å². The Balaban J connectivity index is 1.27. The molecule has 180 valence electrons. The molecule has 1 aromatic rings. The summed E-state index contributed by atoms with van der Waals surface area (Å²) in [4.78, 5) is 0. The minimum atomic E-state index is -0.701. The minimum Gasteiger partial charge on any atom is -0.195 e. The van der Waals surface area contributed by atoms with E-state index in [1.165, 1.54) is 120 Å². The summed E-state index contributed by atoms with van der Waals surface area (Å²) in [6.07, 6.45) is 25.1. The Hall–Kier alpha value is -1.88. The van der Waals surface area contributed by atoms with E-state index < -0.39 is 5.83 Å². The Morgan fingerprint density at radius 1 is 0.879 bits per heavy atom. The van der Waals surface area contributed by atoms with Gasteiger partial charge in [-0.05, 0) is 105 Å². The third-order valence-corrected chi connectivity index (χ3v) is 8.28. The summed E-state index contributed by atoms with van der Waals surface area (Å²) < 4.78 is 12.9. The molecule has 0 bridgehead atoms. The van der Waals surface area contributed by atoms with Crippen molar-refractivity contribution >= 4 is 0 Å². The highest BCUT2D eigenvalue weighted by molar-refractivity contribution is 5.22. The molecule has 0 radical (unpaired) electrons. The van der Waals surface area contributed by atoms with Gasteiger partial charge in [0, 0.05) is 0 Å². The van der Waals surface area contributed by atoms with Gasteiger partial charge >= 0.3 is 0 Å². The van der Waals surface area contributed by atoms with E-state index in [4.69, 9.17) is 5.26 Å². The summed E-state index contributed by atoms with van der Waals surface area (Å²) in [5.41, 5.74) is 3.00. The van der Waals surface area contributed by atoms with Gasteiger partial charge in [0.1, 0.15) is 6.07 Å². The highest BCUT2D eigenvalue weighted by Crippen LogP contribution is 2.42. The van der Waals surface area contributed by atoms with Crippen LogP contribution in [0.2, 0.25) is 0 Å². The van der Waals surface area contributed by atoms with Gasteiger partial charge in [-0.2, -0.15) is 9.65 Å². The van der Waals surface area contributed by atoms with E-state index in [2.05, 4.69) is 37.3 Å². The fraction of sp³-hybridized carbons (Fsp3) is 0.645. The number of aryl methyl sites for hydroxylation is 2. The molecule has 0 unspecified atom stereocenters. The Kier molecular flexibility index (Phi) is 11.2. The smallest absolute Gasteiger partial charge is 0.195 e. The maximum absolute atomic E-state index is 12.9. The minimum absolute atomic E-state index is 0.563. The first-order valence-corrected chi connectivity index (χ1v) is 13.7. The van der Waals surface area contributed by atoms with E-state index in [-0.39, 0.29) is 0 Å². The summed E-state index contributed by atoms with van der Waals surface area (Å²) in [5.74, 6) is 2.66. The van der Waals surface area contributed by atoms with Gasteiger partial charge in [-0.25, -0.2) is 0 Å². The van der Waals surface area contributed by atoms with Crippen molar-refractivity contribution in [3.05, 3.63) is 59.4 Å². The molecular formula is C31H44FN. The number of nitrogens with zero attached hydrogens (tertiary/aromatic N) is 1. The van der Waals surface area contributed by atoms with Crippen molar-refractivity contribution in [1.29, 1.82) is 5.26 Å². The van der Waals surface area contributed by atoms with Gasteiger partial charge in [-0.15, -0.1) is 0 Å². The van der Waals surface area contributed by atoms with Crippen LogP contribution < -0.4 is 0 Å². The zero-order chi connectivity index (χ0) is 23.3. The van der Waals surface area contributed by atoms with Gasteiger partial charge in [0.2, 0.25) is 0 Å². The van der Waals surface area contributed by atoms with Gasteiger partial charge < -0.3 is 0 Å². The standard InChI is InChI=1S/C31H44FN/c1-2-3-7-25-12-14-26(15-13-25)8-4-5-9-27-16-20-29(21-17-27)30-22-18-28(19-23-30)10-6-11-31(32)24-33/h6,10-15,27-30H,2-5,7-9,16-23H2,1H3. The molecule has 2 aliphatic carbocycles. The lowest BCUT2D eigenvalue weighted by Gasteiger charge is -2.37. The van der Waals surface area contributed by atoms with Crippen molar-refractivity contribution in [3.8, 4) is 6.07 Å². The van der Waals surface area contributed by atoms with Crippen molar-refractivity contribution in [2.45, 2.75) is 103 Å². The second-order valence-corrected chi connectivity index (χ2v) is 10.6. The zero-order valence-corrected chi connectivity index (χ0v) is 20.8. The van der Waals surface area contributed by atoms with Crippen LogP contribution in [-0.4, -0.2) is 0 Å². The predicted molar refractivity (Wildman–Crippen MR) is 137 cm³/mol. The first kappa shape index (κ1) is 25.7. The Morgan fingerprint density at radius 2 is 1.45 bits per heavy atom. The number of hydrogen-bond acceptors (Lipinski definition) is 1. The summed E-state index contributed by atoms with van der Waals surface area (Å²) >= 11 is 0. The lowest BCUT2D eigenvalue weighted by Crippen LogP contribution is -2.25. The molecule has 0 aromatic heterocycles. The largest absolute Gasteiger partial charge is 0.199 e. The number of halogens is 1. The van der Waals surface area contributed by atoms with E-state index in [9.17, 15) is 4.39 Å². The molecule has 2 aliphatic rings.